The number of aromatic nitrogens is 2. The first kappa shape index (κ1) is 17.1. The summed E-state index contributed by atoms with van der Waals surface area (Å²) in [6.45, 7) is 0.549. The zero-order valence-corrected chi connectivity index (χ0v) is 15.0. The number of methoxy groups -OCH3 is 1. The number of pyridine rings is 1. The summed E-state index contributed by atoms with van der Waals surface area (Å²) in [6.07, 6.45) is 4.98. The summed E-state index contributed by atoms with van der Waals surface area (Å²) in [5.74, 6) is 0.318. The van der Waals surface area contributed by atoms with E-state index in [0.717, 1.165) is 12.2 Å². The summed E-state index contributed by atoms with van der Waals surface area (Å²) in [5, 5.41) is 2.88. The number of hydrogen-bond donors (Lipinski definition) is 1. The van der Waals surface area contributed by atoms with Crippen molar-refractivity contribution in [2.45, 2.75) is 18.9 Å². The molecule has 7 nitrogen and oxygen atoms in total. The maximum absolute atomic E-state index is 12.9. The van der Waals surface area contributed by atoms with Crippen molar-refractivity contribution in [2.75, 3.05) is 19.0 Å². The summed E-state index contributed by atoms with van der Waals surface area (Å²) in [4.78, 5) is 31.6. The normalized spacial score (nSPS) is 16.5. The fourth-order valence-electron chi connectivity index (χ4n) is 3.37. The molecule has 1 saturated heterocycles. The third-order valence-corrected chi connectivity index (χ3v) is 4.76. The van der Waals surface area contributed by atoms with Crippen molar-refractivity contribution in [3.05, 3.63) is 60.6 Å². The quantitative estimate of drug-likeness (QED) is 0.772. The molecule has 1 aliphatic rings. The first-order valence-electron chi connectivity index (χ1n) is 8.85. The van der Waals surface area contributed by atoms with Crippen molar-refractivity contribution in [3.63, 3.8) is 0 Å². The topological polar surface area (TPSA) is 75.9 Å². The Kier molecular flexibility index (Phi) is 4.50. The monoisotopic (exact) mass is 364 g/mol. The number of likely N-dealkylation sites (tertiary alicyclic amines) is 1. The van der Waals surface area contributed by atoms with Gasteiger partial charge in [0.15, 0.2) is 0 Å². The maximum atomic E-state index is 12.9. The van der Waals surface area contributed by atoms with Gasteiger partial charge in [0.25, 0.3) is 5.91 Å². The van der Waals surface area contributed by atoms with Crippen molar-refractivity contribution < 1.29 is 14.3 Å². The van der Waals surface area contributed by atoms with Crippen molar-refractivity contribution in [2.24, 2.45) is 0 Å². The minimum Gasteiger partial charge on any atom is -0.497 e. The molecule has 0 unspecified atom stereocenters. The predicted octanol–water partition coefficient (Wildman–Crippen LogP) is 2.59. The van der Waals surface area contributed by atoms with E-state index in [1.165, 1.54) is 0 Å². The van der Waals surface area contributed by atoms with E-state index in [1.807, 2.05) is 24.4 Å². The van der Waals surface area contributed by atoms with Crippen LogP contribution in [-0.2, 0) is 4.79 Å². The molecular weight excluding hydrogens is 344 g/mol. The largest absolute Gasteiger partial charge is 0.497 e. The summed E-state index contributed by atoms with van der Waals surface area (Å²) in [5.41, 5.74) is 1.73. The van der Waals surface area contributed by atoms with Crippen LogP contribution in [-0.4, -0.2) is 45.8 Å². The smallest absolute Gasteiger partial charge is 0.274 e. The Labute approximate surface area is 156 Å². The van der Waals surface area contributed by atoms with E-state index < -0.39 is 6.04 Å². The molecule has 0 radical (unpaired) electrons. The number of hydrogen-bond acceptors (Lipinski definition) is 4. The number of nitrogens with one attached hydrogen (secondary N) is 1. The zero-order chi connectivity index (χ0) is 18.8. The third kappa shape index (κ3) is 3.36. The van der Waals surface area contributed by atoms with Crippen LogP contribution in [0.5, 0.6) is 5.75 Å². The molecule has 1 aromatic carbocycles. The number of benzene rings is 1. The van der Waals surface area contributed by atoms with Crippen LogP contribution in [0.2, 0.25) is 0 Å². The van der Waals surface area contributed by atoms with Crippen LogP contribution in [0.3, 0.4) is 0 Å². The lowest BCUT2D eigenvalue weighted by Gasteiger charge is -2.23. The molecule has 3 aromatic rings. The number of carbonyl (C=O) groups is 2. The molecule has 2 aromatic heterocycles. The van der Waals surface area contributed by atoms with Gasteiger partial charge in [-0.3, -0.25) is 9.59 Å². The Morgan fingerprint density at radius 1 is 1.19 bits per heavy atom. The number of amides is 2. The van der Waals surface area contributed by atoms with Crippen LogP contribution >= 0.6 is 0 Å². The van der Waals surface area contributed by atoms with Crippen LogP contribution in [0.4, 0.5) is 5.69 Å². The Bertz CT molecular complexity index is 947. The van der Waals surface area contributed by atoms with Crippen LogP contribution in [0, 0.1) is 0 Å². The van der Waals surface area contributed by atoms with Crippen LogP contribution in [0.15, 0.2) is 54.9 Å². The van der Waals surface area contributed by atoms with E-state index in [9.17, 15) is 9.59 Å². The molecule has 3 heterocycles. The molecule has 1 N–H and O–H groups in total. The van der Waals surface area contributed by atoms with Gasteiger partial charge in [-0.15, -0.1) is 0 Å². The molecule has 138 valence electrons. The summed E-state index contributed by atoms with van der Waals surface area (Å²) >= 11 is 0. The summed E-state index contributed by atoms with van der Waals surface area (Å²) in [6, 6.07) is 12.2. The molecule has 0 bridgehead atoms. The standard InChI is InChI=1S/C20H20N4O3/c1-27-15-9-7-14(8-10-15)21-19(25)17-5-4-12-24(17)20(26)16-13-23-11-3-2-6-18(23)22-16/h2-3,6-11,13,17H,4-5,12H2,1H3,(H,21,25)/t17-/m1/s1. The zero-order valence-electron chi connectivity index (χ0n) is 15.0. The number of anilines is 1. The third-order valence-electron chi connectivity index (χ3n) is 4.76. The number of imidazole rings is 1. The molecule has 1 atom stereocenters. The Morgan fingerprint density at radius 3 is 2.74 bits per heavy atom. The van der Waals surface area contributed by atoms with E-state index in [2.05, 4.69) is 10.3 Å². The first-order chi connectivity index (χ1) is 13.2. The van der Waals surface area contributed by atoms with Gasteiger partial charge >= 0.3 is 0 Å². The van der Waals surface area contributed by atoms with Crippen molar-refractivity contribution >= 4 is 23.1 Å². The number of carbonyl (C=O) groups excluding carboxylic acids is 2. The molecule has 0 aliphatic carbocycles. The fourth-order valence-corrected chi connectivity index (χ4v) is 3.37. The Hall–Kier alpha value is -3.35. The highest BCUT2D eigenvalue weighted by molar-refractivity contribution is 6.01. The van der Waals surface area contributed by atoms with Crippen LogP contribution in [0.1, 0.15) is 23.3 Å². The van der Waals surface area contributed by atoms with Gasteiger partial charge in [-0.25, -0.2) is 4.98 Å². The van der Waals surface area contributed by atoms with Gasteiger partial charge in [-0.2, -0.15) is 0 Å². The minimum atomic E-state index is -0.496. The Balaban J connectivity index is 1.50. The van der Waals surface area contributed by atoms with Gasteiger partial charge in [0, 0.05) is 24.6 Å². The first-order valence-corrected chi connectivity index (χ1v) is 8.85. The number of fused-ring (bicyclic) bond motifs is 1. The van der Waals surface area contributed by atoms with Crippen LogP contribution < -0.4 is 10.1 Å². The predicted molar refractivity (Wildman–Crippen MR) is 101 cm³/mol. The average Bonchev–Trinajstić information content (AvgIpc) is 3.35. The minimum absolute atomic E-state index is 0.185. The molecule has 1 fully saturated rings. The van der Waals surface area contributed by atoms with Crippen molar-refractivity contribution in [1.29, 1.82) is 0 Å². The average molecular weight is 364 g/mol. The highest BCUT2D eigenvalue weighted by Gasteiger charge is 2.35. The molecule has 1 aliphatic heterocycles. The number of ether oxygens (including phenoxy) is 1. The lowest BCUT2D eigenvalue weighted by atomic mass is 10.2. The van der Waals surface area contributed by atoms with Crippen LogP contribution in [0.25, 0.3) is 5.65 Å². The van der Waals surface area contributed by atoms with E-state index in [4.69, 9.17) is 4.74 Å². The second-order valence-electron chi connectivity index (χ2n) is 6.47. The second-order valence-corrected chi connectivity index (χ2v) is 6.47. The van der Waals surface area contributed by atoms with Gasteiger partial charge in [0.05, 0.1) is 7.11 Å². The van der Waals surface area contributed by atoms with E-state index in [-0.39, 0.29) is 11.8 Å². The molecular formula is C20H20N4O3. The molecule has 0 saturated carbocycles. The van der Waals surface area contributed by atoms with Gasteiger partial charge in [-0.1, -0.05) is 6.07 Å². The molecule has 4 rings (SSSR count). The molecule has 0 spiro atoms. The van der Waals surface area contributed by atoms with E-state index in [0.29, 0.717) is 30.0 Å². The van der Waals surface area contributed by atoms with Gasteiger partial charge in [0.2, 0.25) is 5.91 Å². The lowest BCUT2D eigenvalue weighted by molar-refractivity contribution is -0.119. The van der Waals surface area contributed by atoms with E-state index in [1.54, 1.807) is 46.9 Å². The SMILES string of the molecule is COc1ccc(NC(=O)[C@H]2CCCN2C(=O)c2cn3ccccc3n2)cc1. The Morgan fingerprint density at radius 2 is 2.00 bits per heavy atom. The molecule has 2 amide bonds. The molecule has 7 heteroatoms. The van der Waals surface area contributed by atoms with Crippen molar-refractivity contribution in [1.82, 2.24) is 14.3 Å². The summed E-state index contributed by atoms with van der Waals surface area (Å²) < 4.78 is 6.92. The van der Waals surface area contributed by atoms with Gasteiger partial charge in [0.1, 0.15) is 23.1 Å². The number of nitrogens with zero attached hydrogens (tertiary/aromatic N) is 3. The lowest BCUT2D eigenvalue weighted by Crippen LogP contribution is -2.43. The fraction of sp³-hybridized carbons (Fsp3) is 0.250. The highest BCUT2D eigenvalue weighted by atomic mass is 16.5. The van der Waals surface area contributed by atoms with Gasteiger partial charge in [-0.05, 0) is 49.2 Å². The maximum Gasteiger partial charge on any atom is 0.274 e. The molecule has 27 heavy (non-hydrogen) atoms. The van der Waals surface area contributed by atoms with Gasteiger partial charge < -0.3 is 19.4 Å². The second kappa shape index (κ2) is 7.11. The summed E-state index contributed by atoms with van der Waals surface area (Å²) in [7, 11) is 1.59. The highest BCUT2D eigenvalue weighted by Crippen LogP contribution is 2.22. The number of rotatable bonds is 4. The van der Waals surface area contributed by atoms with Crippen molar-refractivity contribution in [3.8, 4) is 5.75 Å². The van der Waals surface area contributed by atoms with E-state index >= 15 is 0 Å².